The van der Waals surface area contributed by atoms with Crippen LogP contribution in [-0.2, 0) is 19.4 Å². The Morgan fingerprint density at radius 1 is 0.947 bits per heavy atom. The highest BCUT2D eigenvalue weighted by Crippen LogP contribution is 2.19. The van der Waals surface area contributed by atoms with Gasteiger partial charge in [0.05, 0.1) is 23.4 Å². The summed E-state index contributed by atoms with van der Waals surface area (Å²) in [6, 6.07) is 16.1. The zero-order valence-corrected chi connectivity index (χ0v) is 21.6. The molecular formula is C29H34F2N4O3. The first-order chi connectivity index (χ1) is 18.2. The third-order valence-corrected chi connectivity index (χ3v) is 6.33. The molecule has 3 aromatic rings. The number of nitrogens with zero attached hydrogens (tertiary/aromatic N) is 1. The van der Waals surface area contributed by atoms with Crippen molar-refractivity contribution in [2.75, 3.05) is 18.4 Å². The van der Waals surface area contributed by atoms with Crippen molar-refractivity contribution in [3.8, 4) is 0 Å². The molecule has 0 heterocycles. The lowest BCUT2D eigenvalue weighted by molar-refractivity contribution is 0.0707. The number of rotatable bonds is 12. The molecule has 202 valence electrons. The van der Waals surface area contributed by atoms with Gasteiger partial charge in [0, 0.05) is 25.7 Å². The monoisotopic (exact) mass is 524 g/mol. The van der Waals surface area contributed by atoms with Crippen LogP contribution in [0.1, 0.15) is 40.9 Å². The van der Waals surface area contributed by atoms with Crippen molar-refractivity contribution in [2.45, 2.75) is 45.4 Å². The van der Waals surface area contributed by atoms with Crippen molar-refractivity contribution < 1.29 is 23.5 Å². The second kappa shape index (κ2) is 13.6. The molecule has 3 rings (SSSR count). The highest BCUT2D eigenvalue weighted by atomic mass is 19.1. The summed E-state index contributed by atoms with van der Waals surface area (Å²) >= 11 is 0. The van der Waals surface area contributed by atoms with Gasteiger partial charge < -0.3 is 26.4 Å². The third-order valence-electron chi connectivity index (χ3n) is 6.33. The van der Waals surface area contributed by atoms with Crippen LogP contribution in [0.25, 0.3) is 0 Å². The molecule has 0 saturated heterocycles. The van der Waals surface area contributed by atoms with Gasteiger partial charge in [0.1, 0.15) is 11.6 Å². The third kappa shape index (κ3) is 7.84. The number of hydrogen-bond donors (Lipinski definition) is 4. The number of amides is 3. The van der Waals surface area contributed by atoms with Gasteiger partial charge in [-0.2, -0.15) is 0 Å². The molecule has 0 aliphatic rings. The van der Waals surface area contributed by atoms with Gasteiger partial charge in [-0.3, -0.25) is 4.79 Å². The molecule has 0 saturated carbocycles. The summed E-state index contributed by atoms with van der Waals surface area (Å²) in [5, 5.41) is 17.1. The number of aryl methyl sites for hydroxylation is 1. The van der Waals surface area contributed by atoms with Gasteiger partial charge in [0.15, 0.2) is 0 Å². The summed E-state index contributed by atoms with van der Waals surface area (Å²) in [6.07, 6.45) is -0.170. The Hall–Kier alpha value is -3.82. The van der Waals surface area contributed by atoms with Gasteiger partial charge in [-0.15, -0.1) is 0 Å². The van der Waals surface area contributed by atoms with Crippen molar-refractivity contribution in [2.24, 2.45) is 5.73 Å². The van der Waals surface area contributed by atoms with E-state index >= 15 is 0 Å². The lowest BCUT2D eigenvalue weighted by Gasteiger charge is -2.35. The molecular weight excluding hydrogens is 490 g/mol. The van der Waals surface area contributed by atoms with E-state index in [1.807, 2.05) is 18.2 Å². The quantitative estimate of drug-likeness (QED) is 0.284. The van der Waals surface area contributed by atoms with Gasteiger partial charge in [0.2, 0.25) is 0 Å². The minimum absolute atomic E-state index is 0.00156. The number of halogens is 2. The summed E-state index contributed by atoms with van der Waals surface area (Å²) in [5.41, 5.74) is 8.34. The zero-order valence-electron chi connectivity index (χ0n) is 21.6. The van der Waals surface area contributed by atoms with Crippen LogP contribution >= 0.6 is 0 Å². The number of anilines is 1. The number of benzene rings is 3. The Balaban J connectivity index is 1.82. The molecule has 0 spiro atoms. The highest BCUT2D eigenvalue weighted by Gasteiger charge is 2.30. The zero-order chi connectivity index (χ0) is 27.7. The van der Waals surface area contributed by atoms with E-state index in [2.05, 4.69) is 23.6 Å². The molecule has 0 aliphatic heterocycles. The average molecular weight is 525 g/mol. The number of nitrogens with one attached hydrogen (secondary N) is 2. The van der Waals surface area contributed by atoms with E-state index in [0.29, 0.717) is 12.1 Å². The fourth-order valence-corrected chi connectivity index (χ4v) is 4.41. The minimum atomic E-state index is -1.08. The van der Waals surface area contributed by atoms with Crippen LogP contribution < -0.4 is 16.4 Å². The smallest absolute Gasteiger partial charge is 0.322 e. The number of likely N-dealkylation sites (N-methyl/N-ethyl adjacent to an activating group) is 1. The molecule has 5 N–H and O–H groups in total. The fourth-order valence-electron chi connectivity index (χ4n) is 4.41. The predicted molar refractivity (Wildman–Crippen MR) is 144 cm³/mol. The maximum atomic E-state index is 13.9. The Labute approximate surface area is 221 Å². The first-order valence-electron chi connectivity index (χ1n) is 12.6. The van der Waals surface area contributed by atoms with E-state index in [-0.39, 0.29) is 30.8 Å². The van der Waals surface area contributed by atoms with Gasteiger partial charge in [-0.05, 0) is 60.7 Å². The van der Waals surface area contributed by atoms with Crippen molar-refractivity contribution in [1.82, 2.24) is 10.2 Å². The molecule has 0 fully saturated rings. The van der Waals surface area contributed by atoms with Gasteiger partial charge >= 0.3 is 6.03 Å². The van der Waals surface area contributed by atoms with E-state index < -0.39 is 35.7 Å². The van der Waals surface area contributed by atoms with Gasteiger partial charge in [-0.1, -0.05) is 43.3 Å². The topological polar surface area (TPSA) is 108 Å². The number of carbonyl (C=O) groups excluding carboxylic acids is 2. The van der Waals surface area contributed by atoms with Crippen LogP contribution in [0.4, 0.5) is 19.3 Å². The van der Waals surface area contributed by atoms with Crippen LogP contribution in [0.3, 0.4) is 0 Å². The van der Waals surface area contributed by atoms with Crippen molar-refractivity contribution in [3.63, 3.8) is 0 Å². The maximum Gasteiger partial charge on any atom is 0.322 e. The Kier molecular flexibility index (Phi) is 10.3. The maximum absolute atomic E-state index is 13.9. The number of nitrogens with two attached hydrogens (primary N) is 1. The van der Waals surface area contributed by atoms with E-state index in [0.717, 1.165) is 18.1 Å². The second-order valence-corrected chi connectivity index (χ2v) is 9.05. The molecule has 9 heteroatoms. The number of aliphatic hydroxyl groups is 1. The molecule has 0 aromatic heterocycles. The van der Waals surface area contributed by atoms with Crippen LogP contribution in [0.15, 0.2) is 66.7 Å². The summed E-state index contributed by atoms with van der Waals surface area (Å²) in [4.78, 5) is 26.5. The number of para-hydroxylation sites is 1. The minimum Gasteiger partial charge on any atom is -0.390 e. The van der Waals surface area contributed by atoms with Crippen LogP contribution in [0.2, 0.25) is 0 Å². The van der Waals surface area contributed by atoms with Crippen molar-refractivity contribution in [3.05, 3.63) is 101 Å². The Bertz CT molecular complexity index is 1230. The van der Waals surface area contributed by atoms with Crippen molar-refractivity contribution in [1.29, 1.82) is 0 Å². The Morgan fingerprint density at radius 3 is 2.29 bits per heavy atom. The van der Waals surface area contributed by atoms with E-state index in [4.69, 9.17) is 5.73 Å². The molecule has 3 aromatic carbocycles. The fraction of sp³-hybridized carbons (Fsp3) is 0.310. The predicted octanol–water partition coefficient (Wildman–Crippen LogP) is 4.24. The Morgan fingerprint density at radius 2 is 1.63 bits per heavy atom. The summed E-state index contributed by atoms with van der Waals surface area (Å²) in [5.74, 6) is -2.19. The molecule has 38 heavy (non-hydrogen) atoms. The van der Waals surface area contributed by atoms with E-state index in [1.165, 1.54) is 28.7 Å². The number of carbonyl (C=O) groups is 2. The molecule has 2 atom stereocenters. The number of hydrogen-bond acceptors (Lipinski definition) is 4. The number of primary amides is 1. The highest BCUT2D eigenvalue weighted by molar-refractivity contribution is 6.02. The van der Waals surface area contributed by atoms with Gasteiger partial charge in [-0.25, -0.2) is 13.6 Å². The van der Waals surface area contributed by atoms with E-state index in [1.54, 1.807) is 25.1 Å². The molecule has 0 radical (unpaired) electrons. The molecule has 0 bridgehead atoms. The van der Waals surface area contributed by atoms with Crippen molar-refractivity contribution >= 4 is 17.6 Å². The normalized spacial score (nSPS) is 12.6. The van der Waals surface area contributed by atoms with Crippen LogP contribution in [0.5, 0.6) is 0 Å². The first-order valence-corrected chi connectivity index (χ1v) is 12.6. The van der Waals surface area contributed by atoms with E-state index in [9.17, 15) is 23.5 Å². The molecule has 2 unspecified atom stereocenters. The van der Waals surface area contributed by atoms with Crippen LogP contribution in [0, 0.1) is 11.6 Å². The number of aliphatic hydroxyl groups excluding tert-OH is 1. The molecule has 7 nitrogen and oxygen atoms in total. The lowest BCUT2D eigenvalue weighted by Crippen LogP contribution is -2.52. The summed E-state index contributed by atoms with van der Waals surface area (Å²) < 4.78 is 27.9. The molecule has 3 amide bonds. The summed E-state index contributed by atoms with van der Waals surface area (Å²) in [6.45, 7) is 4.61. The summed E-state index contributed by atoms with van der Waals surface area (Å²) in [7, 11) is 0. The van der Waals surface area contributed by atoms with Crippen LogP contribution in [-0.4, -0.2) is 47.2 Å². The second-order valence-electron chi connectivity index (χ2n) is 9.05. The largest absolute Gasteiger partial charge is 0.390 e. The van der Waals surface area contributed by atoms with Gasteiger partial charge in [0.25, 0.3) is 5.91 Å². The molecule has 0 aliphatic carbocycles. The SMILES string of the molecule is CCc1cccc(CNCC(O)C(Cc2cc(F)cc(F)c2)N(CC)C(=O)Nc2ccccc2C(N)=O)c1. The number of urea groups is 1. The average Bonchev–Trinajstić information content (AvgIpc) is 2.88. The first kappa shape index (κ1) is 28.7. The standard InChI is InChI=1S/C29H34F2N4O3/c1-3-19-8-7-9-20(12-19)17-33-18-27(36)26(15-21-13-22(30)16-23(31)14-21)35(4-2)29(38)34-25-11-6-5-10-24(25)28(32)37/h5-14,16,26-27,33,36H,3-4,15,17-18H2,1-2H3,(H2,32,37)(H,34,38). The lowest BCUT2D eigenvalue weighted by atomic mass is 9.99.